The summed E-state index contributed by atoms with van der Waals surface area (Å²) in [6.45, 7) is 5.11. The topological polar surface area (TPSA) is 130 Å². The van der Waals surface area contributed by atoms with Crippen LogP contribution in [0.1, 0.15) is 149 Å². The van der Waals surface area contributed by atoms with E-state index in [1.165, 1.54) is 51.0 Å². The van der Waals surface area contributed by atoms with Crippen molar-refractivity contribution in [1.82, 2.24) is 0 Å². The minimum Gasteiger partial charge on any atom is -0.488 e. The van der Waals surface area contributed by atoms with Gasteiger partial charge >= 0.3 is 17.9 Å². The molecule has 10 nitrogen and oxygen atoms in total. The predicted molar refractivity (Wildman–Crippen MR) is 211 cm³/mol. The normalized spacial score (nSPS) is 15.0. The molecule has 0 aromatic heterocycles. The number of rotatable bonds is 34. The van der Waals surface area contributed by atoms with Crippen molar-refractivity contribution in [3.05, 3.63) is 24.0 Å². The van der Waals surface area contributed by atoms with Crippen molar-refractivity contribution in [1.29, 1.82) is 0 Å². The van der Waals surface area contributed by atoms with Crippen LogP contribution in [-0.2, 0) is 23.9 Å². The maximum Gasteiger partial charge on any atom is 0.334 e. The monoisotopic (exact) mass is 741 g/mol. The predicted octanol–water partition coefficient (Wildman–Crippen LogP) is 8.51. The van der Waals surface area contributed by atoms with Gasteiger partial charge in [-0.2, -0.15) is 0 Å². The van der Waals surface area contributed by atoms with E-state index in [0.29, 0.717) is 47.1 Å². The Bertz CT molecular complexity index is 1010. The number of likely N-dealkylation sites (N-methyl/N-ethyl adjacent to an activating group) is 2. The number of carboxylic acids is 2. The molecule has 3 N–H and O–H groups in total. The van der Waals surface area contributed by atoms with Gasteiger partial charge in [-0.05, 0) is 44.9 Å². The summed E-state index contributed by atoms with van der Waals surface area (Å²) in [5, 5.41) is 30.7. The molecule has 0 aromatic carbocycles. The maximum absolute atomic E-state index is 13.3. The smallest absolute Gasteiger partial charge is 0.334 e. The Labute approximate surface area is 317 Å². The summed E-state index contributed by atoms with van der Waals surface area (Å²) >= 11 is 0. The molecule has 10 heteroatoms. The molecule has 52 heavy (non-hydrogen) atoms. The van der Waals surface area contributed by atoms with Crippen molar-refractivity contribution in [3.63, 3.8) is 0 Å². The number of nitrogens with zero attached hydrogens (tertiary/aromatic N) is 2. The van der Waals surface area contributed by atoms with Crippen LogP contribution in [0.2, 0.25) is 0 Å². The van der Waals surface area contributed by atoms with E-state index in [1.54, 1.807) is 0 Å². The van der Waals surface area contributed by atoms with Crippen LogP contribution < -0.4 is 0 Å². The van der Waals surface area contributed by atoms with Crippen LogP contribution >= 0.6 is 0 Å². The summed E-state index contributed by atoms with van der Waals surface area (Å²) in [5.74, 6) is -3.25. The van der Waals surface area contributed by atoms with Crippen LogP contribution in [0.4, 0.5) is 0 Å². The summed E-state index contributed by atoms with van der Waals surface area (Å²) in [6.07, 6.45) is 22.7. The molecule has 4 atom stereocenters. The SMILES string of the molecule is CCCC/C=C\CCCCCC(O)CCC(C(=O)O)C(C[N+](C)(C)C)OC(=CC(=O)OC(CC(=O)O)C[N+](C)(C)C)CCCCCCCCCCC. The third-order valence-electron chi connectivity index (χ3n) is 9.15. The number of esters is 1. The van der Waals surface area contributed by atoms with Gasteiger partial charge in [0.05, 0.1) is 66.8 Å². The number of hydrogen-bond acceptors (Lipinski definition) is 6. The summed E-state index contributed by atoms with van der Waals surface area (Å²) in [6, 6.07) is 0. The zero-order valence-corrected chi connectivity index (χ0v) is 34.6. The third kappa shape index (κ3) is 30.1. The van der Waals surface area contributed by atoms with Gasteiger partial charge < -0.3 is 33.8 Å². The van der Waals surface area contributed by atoms with Crippen LogP contribution in [0.25, 0.3) is 0 Å². The van der Waals surface area contributed by atoms with E-state index in [4.69, 9.17) is 9.47 Å². The van der Waals surface area contributed by atoms with Gasteiger partial charge in [0, 0.05) is 6.42 Å². The number of unbranched alkanes of at least 4 members (excludes halogenated alkanes) is 13. The Morgan fingerprint density at radius 2 is 1.17 bits per heavy atom. The largest absolute Gasteiger partial charge is 0.488 e. The standard InChI is InChI=1S/C42H78N2O8/c1-9-11-13-15-17-19-21-23-25-27-35(45)29-30-38(42(49)50)39(34-44(6,7)8)51-36(28-26-24-22-20-18-16-14-12-10-2)32-41(48)52-37(31-40(46)47)33-43(3,4)5/h15,17,32,35,37-39,45H,9-14,16,18-31,33-34H2,1-8H3/p+2/b17-15-,36-32?. The highest BCUT2D eigenvalue weighted by atomic mass is 16.5. The lowest BCUT2D eigenvalue weighted by Gasteiger charge is -2.33. The van der Waals surface area contributed by atoms with Crippen LogP contribution in [0, 0.1) is 5.92 Å². The Hall–Kier alpha value is -2.43. The van der Waals surface area contributed by atoms with Crippen molar-refractivity contribution in [2.24, 2.45) is 5.92 Å². The molecule has 0 aliphatic carbocycles. The van der Waals surface area contributed by atoms with Crippen molar-refractivity contribution in [2.45, 2.75) is 167 Å². The summed E-state index contributed by atoms with van der Waals surface area (Å²) in [4.78, 5) is 37.6. The molecule has 0 amide bonds. The first-order chi connectivity index (χ1) is 24.5. The quantitative estimate of drug-likeness (QED) is 0.0150. The number of aliphatic hydroxyl groups excluding tert-OH is 1. The number of ether oxygens (including phenoxy) is 2. The molecule has 0 heterocycles. The minimum atomic E-state index is -1.05. The first-order valence-corrected chi connectivity index (χ1v) is 20.4. The second kappa shape index (κ2) is 29.0. The number of carboxylic acid groups (broad SMARTS) is 2. The highest BCUT2D eigenvalue weighted by Gasteiger charge is 2.35. The highest BCUT2D eigenvalue weighted by Crippen LogP contribution is 2.25. The number of aliphatic hydroxyl groups is 1. The number of carbonyl (C=O) groups excluding carboxylic acids is 1. The number of aliphatic carboxylic acids is 2. The molecule has 0 rings (SSSR count). The van der Waals surface area contributed by atoms with Crippen LogP contribution in [-0.4, -0.2) is 116 Å². The van der Waals surface area contributed by atoms with Crippen LogP contribution in [0.15, 0.2) is 24.0 Å². The summed E-state index contributed by atoms with van der Waals surface area (Å²) < 4.78 is 13.0. The lowest BCUT2D eigenvalue weighted by atomic mass is 9.92. The lowest BCUT2D eigenvalue weighted by Crippen LogP contribution is -2.47. The van der Waals surface area contributed by atoms with Crippen LogP contribution in [0.3, 0.4) is 0 Å². The van der Waals surface area contributed by atoms with Gasteiger partial charge in [0.1, 0.15) is 18.8 Å². The van der Waals surface area contributed by atoms with E-state index in [-0.39, 0.29) is 12.8 Å². The fourth-order valence-corrected chi connectivity index (χ4v) is 6.40. The lowest BCUT2D eigenvalue weighted by molar-refractivity contribution is -0.873. The van der Waals surface area contributed by atoms with E-state index in [0.717, 1.165) is 57.8 Å². The summed E-state index contributed by atoms with van der Waals surface area (Å²) in [7, 11) is 11.6. The molecule has 0 aromatic rings. The van der Waals surface area contributed by atoms with Gasteiger partial charge in [0.2, 0.25) is 0 Å². The van der Waals surface area contributed by atoms with E-state index in [1.807, 2.05) is 42.3 Å². The summed E-state index contributed by atoms with van der Waals surface area (Å²) in [5.41, 5.74) is 0. The molecule has 0 fully saturated rings. The highest BCUT2D eigenvalue weighted by molar-refractivity contribution is 5.83. The molecule has 0 aliphatic rings. The Balaban J connectivity index is 5.78. The average Bonchev–Trinajstić information content (AvgIpc) is 3.01. The Kier molecular flexibility index (Phi) is 27.6. The van der Waals surface area contributed by atoms with E-state index >= 15 is 0 Å². The number of allylic oxidation sites excluding steroid dienone is 3. The zero-order chi connectivity index (χ0) is 39.4. The fourth-order valence-electron chi connectivity index (χ4n) is 6.40. The van der Waals surface area contributed by atoms with Crippen molar-refractivity contribution in [2.75, 3.05) is 55.4 Å². The van der Waals surface area contributed by atoms with Crippen LogP contribution in [0.5, 0.6) is 0 Å². The van der Waals surface area contributed by atoms with Gasteiger partial charge in [-0.25, -0.2) is 4.79 Å². The van der Waals surface area contributed by atoms with Gasteiger partial charge in [-0.15, -0.1) is 0 Å². The first-order valence-electron chi connectivity index (χ1n) is 20.4. The Morgan fingerprint density at radius 3 is 1.71 bits per heavy atom. The number of hydrogen-bond donors (Lipinski definition) is 3. The molecule has 0 spiro atoms. The second-order valence-electron chi connectivity index (χ2n) is 16.9. The second-order valence-corrected chi connectivity index (χ2v) is 16.9. The first kappa shape index (κ1) is 49.6. The van der Waals surface area contributed by atoms with Gasteiger partial charge in [0.25, 0.3) is 0 Å². The molecule has 0 saturated carbocycles. The van der Waals surface area contributed by atoms with Crippen molar-refractivity contribution >= 4 is 17.9 Å². The van der Waals surface area contributed by atoms with E-state index < -0.39 is 42.1 Å². The van der Waals surface area contributed by atoms with Gasteiger partial charge in [-0.3, -0.25) is 9.59 Å². The average molecular weight is 741 g/mol. The third-order valence-corrected chi connectivity index (χ3v) is 9.15. The molecule has 0 bridgehead atoms. The zero-order valence-electron chi connectivity index (χ0n) is 34.6. The number of quaternary nitrogens is 2. The maximum atomic E-state index is 13.3. The molecule has 4 unspecified atom stereocenters. The molecular formula is C42H80N2O8+2. The van der Waals surface area contributed by atoms with Gasteiger partial charge in [-0.1, -0.05) is 103 Å². The van der Waals surface area contributed by atoms with E-state index in [9.17, 15) is 29.7 Å². The Morgan fingerprint density at radius 1 is 0.635 bits per heavy atom. The minimum absolute atomic E-state index is 0.251. The molecule has 0 aliphatic heterocycles. The van der Waals surface area contributed by atoms with Crippen molar-refractivity contribution in [3.8, 4) is 0 Å². The number of carbonyl (C=O) groups is 3. The molecule has 304 valence electrons. The fraction of sp³-hybridized carbons (Fsp3) is 0.833. The van der Waals surface area contributed by atoms with E-state index in [2.05, 4.69) is 26.0 Å². The molecule has 0 radical (unpaired) electrons. The van der Waals surface area contributed by atoms with Crippen molar-refractivity contribution < 1.29 is 48.1 Å². The van der Waals surface area contributed by atoms with Gasteiger partial charge in [0.15, 0.2) is 12.2 Å². The molecule has 0 saturated heterocycles. The molecular weight excluding hydrogens is 660 g/mol.